The summed E-state index contributed by atoms with van der Waals surface area (Å²) in [6.07, 6.45) is 8.68. The van der Waals surface area contributed by atoms with E-state index in [1.54, 1.807) is 0 Å². The van der Waals surface area contributed by atoms with Gasteiger partial charge in [-0.15, -0.1) is 0 Å². The van der Waals surface area contributed by atoms with Gasteiger partial charge in [-0.3, -0.25) is 4.90 Å². The van der Waals surface area contributed by atoms with Crippen molar-refractivity contribution < 1.29 is 5.21 Å². The molecule has 1 saturated carbocycles. The zero-order valence-electron chi connectivity index (χ0n) is 8.78. The molecule has 0 spiro atoms. The molecule has 0 aromatic heterocycles. The van der Waals surface area contributed by atoms with Gasteiger partial charge in [0.1, 0.15) is 0 Å². The normalized spacial score (nSPS) is 33.4. The van der Waals surface area contributed by atoms with Crippen LogP contribution in [0.15, 0.2) is 5.16 Å². The van der Waals surface area contributed by atoms with Gasteiger partial charge in [-0.25, -0.2) is 0 Å². The van der Waals surface area contributed by atoms with Crippen LogP contribution in [0.1, 0.15) is 44.9 Å². The van der Waals surface area contributed by atoms with Crippen molar-refractivity contribution in [2.24, 2.45) is 5.16 Å². The number of oxime groups is 1. The smallest absolute Gasteiger partial charge is 0.0742 e. The van der Waals surface area contributed by atoms with Crippen LogP contribution in [0.5, 0.6) is 0 Å². The molecule has 1 heterocycles. The lowest BCUT2D eigenvalue weighted by atomic mass is 9.91. The maximum Gasteiger partial charge on any atom is 0.0742 e. The standard InChI is InChI=1S/C11H20N2O/c14-12-10-6-2-3-7-11(10)13-8-4-1-5-9-13/h11,14H,1-9H2/b12-10+/t11-/m1/s1. The van der Waals surface area contributed by atoms with Crippen molar-refractivity contribution in [3.05, 3.63) is 0 Å². The fourth-order valence-corrected chi connectivity index (χ4v) is 2.72. The second-order valence-electron chi connectivity index (χ2n) is 4.45. The van der Waals surface area contributed by atoms with Crippen molar-refractivity contribution >= 4 is 5.71 Å². The number of piperidine rings is 1. The molecule has 14 heavy (non-hydrogen) atoms. The highest BCUT2D eigenvalue weighted by Gasteiger charge is 2.27. The van der Waals surface area contributed by atoms with Crippen molar-refractivity contribution in [2.45, 2.75) is 51.0 Å². The minimum Gasteiger partial charge on any atom is -0.411 e. The topological polar surface area (TPSA) is 35.8 Å². The Kier molecular flexibility index (Phi) is 3.40. The van der Waals surface area contributed by atoms with E-state index in [0.717, 1.165) is 12.1 Å². The highest BCUT2D eigenvalue weighted by Crippen LogP contribution is 2.23. The minimum absolute atomic E-state index is 0.453. The zero-order chi connectivity index (χ0) is 9.80. The van der Waals surface area contributed by atoms with E-state index in [2.05, 4.69) is 10.1 Å². The van der Waals surface area contributed by atoms with Crippen LogP contribution < -0.4 is 0 Å². The van der Waals surface area contributed by atoms with E-state index in [-0.39, 0.29) is 0 Å². The lowest BCUT2D eigenvalue weighted by molar-refractivity contribution is 0.180. The lowest BCUT2D eigenvalue weighted by Gasteiger charge is -2.36. The second-order valence-corrected chi connectivity index (χ2v) is 4.45. The fourth-order valence-electron chi connectivity index (χ4n) is 2.72. The quantitative estimate of drug-likeness (QED) is 0.515. The summed E-state index contributed by atoms with van der Waals surface area (Å²) in [6, 6.07) is 0.453. The Hall–Kier alpha value is -0.570. The molecule has 0 aromatic rings. The highest BCUT2D eigenvalue weighted by atomic mass is 16.4. The molecule has 3 heteroatoms. The SMILES string of the molecule is O/N=C1\CCCC[C@H]1N1CCCCC1. The van der Waals surface area contributed by atoms with E-state index in [4.69, 9.17) is 5.21 Å². The summed E-state index contributed by atoms with van der Waals surface area (Å²) in [4.78, 5) is 2.51. The third-order valence-electron chi connectivity index (χ3n) is 3.50. The van der Waals surface area contributed by atoms with Crippen LogP contribution in [0, 0.1) is 0 Å². The highest BCUT2D eigenvalue weighted by molar-refractivity contribution is 5.89. The summed E-state index contributed by atoms with van der Waals surface area (Å²) in [5.74, 6) is 0. The molecule has 1 atom stereocenters. The Morgan fingerprint density at radius 2 is 1.86 bits per heavy atom. The van der Waals surface area contributed by atoms with Gasteiger partial charge in [0.2, 0.25) is 0 Å². The molecule has 0 radical (unpaired) electrons. The minimum atomic E-state index is 0.453. The number of nitrogens with zero attached hydrogens (tertiary/aromatic N) is 2. The number of hydrogen-bond donors (Lipinski definition) is 1. The third-order valence-corrected chi connectivity index (χ3v) is 3.50. The lowest BCUT2D eigenvalue weighted by Crippen LogP contribution is -2.45. The number of hydrogen-bond acceptors (Lipinski definition) is 3. The molecule has 1 N–H and O–H groups in total. The molecule has 1 saturated heterocycles. The molecule has 1 aliphatic carbocycles. The second kappa shape index (κ2) is 4.78. The number of rotatable bonds is 1. The van der Waals surface area contributed by atoms with E-state index in [0.29, 0.717) is 6.04 Å². The molecule has 3 nitrogen and oxygen atoms in total. The average molecular weight is 196 g/mol. The van der Waals surface area contributed by atoms with Crippen LogP contribution in [0.25, 0.3) is 0 Å². The first-order valence-corrected chi connectivity index (χ1v) is 5.86. The average Bonchev–Trinajstić information content (AvgIpc) is 2.30. The van der Waals surface area contributed by atoms with Crippen molar-refractivity contribution in [1.29, 1.82) is 0 Å². The van der Waals surface area contributed by atoms with Gasteiger partial charge in [0.05, 0.1) is 11.8 Å². The Labute approximate surface area is 85.8 Å². The van der Waals surface area contributed by atoms with E-state index in [9.17, 15) is 0 Å². The van der Waals surface area contributed by atoms with Gasteiger partial charge in [0, 0.05) is 0 Å². The van der Waals surface area contributed by atoms with Crippen LogP contribution in [0.4, 0.5) is 0 Å². The Balaban J connectivity index is 1.98. The van der Waals surface area contributed by atoms with Crippen molar-refractivity contribution in [3.8, 4) is 0 Å². The van der Waals surface area contributed by atoms with Crippen molar-refractivity contribution in [1.82, 2.24) is 4.90 Å². The van der Waals surface area contributed by atoms with Crippen LogP contribution in [-0.4, -0.2) is 35.0 Å². The summed E-state index contributed by atoms with van der Waals surface area (Å²) in [5, 5.41) is 12.4. The molecule has 0 amide bonds. The Morgan fingerprint density at radius 3 is 2.57 bits per heavy atom. The first-order valence-electron chi connectivity index (χ1n) is 5.86. The van der Waals surface area contributed by atoms with Gasteiger partial charge in [-0.2, -0.15) is 0 Å². The Morgan fingerprint density at radius 1 is 1.07 bits per heavy atom. The van der Waals surface area contributed by atoms with Crippen LogP contribution in [0.2, 0.25) is 0 Å². The maximum absolute atomic E-state index is 8.95. The van der Waals surface area contributed by atoms with Crippen molar-refractivity contribution in [3.63, 3.8) is 0 Å². The zero-order valence-corrected chi connectivity index (χ0v) is 8.78. The Bertz CT molecular complexity index is 209. The molecular formula is C11H20N2O. The van der Waals surface area contributed by atoms with Gasteiger partial charge in [-0.1, -0.05) is 18.0 Å². The largest absolute Gasteiger partial charge is 0.411 e. The van der Waals surface area contributed by atoms with Crippen LogP contribution >= 0.6 is 0 Å². The third kappa shape index (κ3) is 2.08. The van der Waals surface area contributed by atoms with Gasteiger partial charge in [-0.05, 0) is 45.2 Å². The monoisotopic (exact) mass is 196 g/mol. The van der Waals surface area contributed by atoms with Crippen molar-refractivity contribution in [2.75, 3.05) is 13.1 Å². The van der Waals surface area contributed by atoms with Gasteiger partial charge in [0.25, 0.3) is 0 Å². The molecule has 0 bridgehead atoms. The summed E-state index contributed by atoms with van der Waals surface area (Å²) in [7, 11) is 0. The van der Waals surface area contributed by atoms with Gasteiger partial charge >= 0.3 is 0 Å². The molecule has 2 aliphatic rings. The summed E-state index contributed by atoms with van der Waals surface area (Å²) in [5.41, 5.74) is 1.03. The molecule has 0 aromatic carbocycles. The van der Waals surface area contributed by atoms with E-state index in [1.165, 1.54) is 51.6 Å². The predicted molar refractivity (Wildman–Crippen MR) is 56.9 cm³/mol. The molecule has 2 rings (SSSR count). The van der Waals surface area contributed by atoms with E-state index < -0.39 is 0 Å². The summed E-state index contributed by atoms with van der Waals surface area (Å²) >= 11 is 0. The molecule has 2 fully saturated rings. The van der Waals surface area contributed by atoms with Gasteiger partial charge in [0.15, 0.2) is 0 Å². The summed E-state index contributed by atoms with van der Waals surface area (Å²) in [6.45, 7) is 2.40. The molecule has 80 valence electrons. The predicted octanol–water partition coefficient (Wildman–Crippen LogP) is 2.25. The first-order chi connectivity index (χ1) is 6.92. The maximum atomic E-state index is 8.95. The number of likely N-dealkylation sites (tertiary alicyclic amines) is 1. The van der Waals surface area contributed by atoms with Gasteiger partial charge < -0.3 is 5.21 Å². The molecule has 1 aliphatic heterocycles. The van der Waals surface area contributed by atoms with E-state index in [1.807, 2.05) is 0 Å². The summed E-state index contributed by atoms with van der Waals surface area (Å²) < 4.78 is 0. The fraction of sp³-hybridized carbons (Fsp3) is 0.909. The first kappa shape index (κ1) is 9.97. The van der Waals surface area contributed by atoms with Crippen LogP contribution in [-0.2, 0) is 0 Å². The molecular weight excluding hydrogens is 176 g/mol. The van der Waals surface area contributed by atoms with E-state index >= 15 is 0 Å². The van der Waals surface area contributed by atoms with Crippen LogP contribution in [0.3, 0.4) is 0 Å². The molecule has 0 unspecified atom stereocenters.